The van der Waals surface area contributed by atoms with Crippen LogP contribution in [0, 0.1) is 0 Å². The van der Waals surface area contributed by atoms with Crippen LogP contribution in [-0.4, -0.2) is 47.6 Å². The van der Waals surface area contributed by atoms with Crippen molar-refractivity contribution in [3.8, 4) is 0 Å². The van der Waals surface area contributed by atoms with E-state index in [1.54, 1.807) is 11.8 Å². The Bertz CT molecular complexity index is 226. The van der Waals surface area contributed by atoms with E-state index in [0.29, 0.717) is 18.8 Å². The van der Waals surface area contributed by atoms with Crippen molar-refractivity contribution >= 4 is 17.7 Å². The van der Waals surface area contributed by atoms with Crippen LogP contribution in [0.4, 0.5) is 13.2 Å². The zero-order chi connectivity index (χ0) is 11.5. The SMILES string of the molecule is NC(C(=O)N1CCCSCC1)C(F)(F)F. The number of alkyl halides is 3. The molecular weight excluding hydrogens is 229 g/mol. The van der Waals surface area contributed by atoms with Gasteiger partial charge >= 0.3 is 6.18 Å². The highest BCUT2D eigenvalue weighted by atomic mass is 32.2. The zero-order valence-corrected chi connectivity index (χ0v) is 8.90. The molecule has 2 N–H and O–H groups in total. The lowest BCUT2D eigenvalue weighted by Gasteiger charge is -2.24. The molecule has 1 amide bonds. The molecule has 1 atom stereocenters. The molecule has 1 saturated heterocycles. The molecule has 0 aromatic rings. The Morgan fingerprint density at radius 2 is 2.00 bits per heavy atom. The van der Waals surface area contributed by atoms with E-state index < -0.39 is 18.1 Å². The fourth-order valence-electron chi connectivity index (χ4n) is 1.30. The lowest BCUT2D eigenvalue weighted by atomic mass is 10.2. The number of thioether (sulfide) groups is 1. The van der Waals surface area contributed by atoms with Crippen molar-refractivity contribution in [1.82, 2.24) is 4.90 Å². The lowest BCUT2D eigenvalue weighted by molar-refractivity contribution is -0.169. The number of rotatable bonds is 1. The Morgan fingerprint density at radius 1 is 1.33 bits per heavy atom. The molecule has 1 aliphatic rings. The Morgan fingerprint density at radius 3 is 2.60 bits per heavy atom. The highest BCUT2D eigenvalue weighted by Crippen LogP contribution is 2.21. The first-order chi connectivity index (χ1) is 6.93. The van der Waals surface area contributed by atoms with Gasteiger partial charge in [0.2, 0.25) is 5.91 Å². The molecule has 0 aromatic heterocycles. The topological polar surface area (TPSA) is 46.3 Å². The van der Waals surface area contributed by atoms with Gasteiger partial charge in [-0.1, -0.05) is 0 Å². The van der Waals surface area contributed by atoms with E-state index in [-0.39, 0.29) is 0 Å². The zero-order valence-electron chi connectivity index (χ0n) is 8.09. The van der Waals surface area contributed by atoms with Gasteiger partial charge in [0, 0.05) is 18.8 Å². The van der Waals surface area contributed by atoms with Crippen LogP contribution >= 0.6 is 11.8 Å². The van der Waals surface area contributed by atoms with E-state index in [1.807, 2.05) is 0 Å². The molecule has 0 aromatic carbocycles. The lowest BCUT2D eigenvalue weighted by Crippen LogP contribution is -2.52. The Hall–Kier alpha value is -0.430. The number of nitrogens with zero attached hydrogens (tertiary/aromatic N) is 1. The average Bonchev–Trinajstić information content (AvgIpc) is 2.42. The van der Waals surface area contributed by atoms with Crippen LogP contribution in [0.2, 0.25) is 0 Å². The highest BCUT2D eigenvalue weighted by Gasteiger charge is 2.43. The Balaban J connectivity index is 2.58. The maximum atomic E-state index is 12.2. The minimum atomic E-state index is -4.64. The number of carbonyl (C=O) groups excluding carboxylic acids is 1. The number of carbonyl (C=O) groups is 1. The Labute approximate surface area is 90.2 Å². The maximum Gasteiger partial charge on any atom is 0.412 e. The van der Waals surface area contributed by atoms with Gasteiger partial charge in [-0.25, -0.2) is 0 Å². The minimum Gasteiger partial charge on any atom is -0.340 e. The summed E-state index contributed by atoms with van der Waals surface area (Å²) in [6.07, 6.45) is -3.92. The van der Waals surface area contributed by atoms with Gasteiger partial charge in [0.1, 0.15) is 0 Å². The van der Waals surface area contributed by atoms with Crippen molar-refractivity contribution in [3.05, 3.63) is 0 Å². The fraction of sp³-hybridized carbons (Fsp3) is 0.875. The third-order valence-corrected chi connectivity index (χ3v) is 3.20. The smallest absolute Gasteiger partial charge is 0.340 e. The number of hydrogen-bond acceptors (Lipinski definition) is 3. The molecule has 1 rings (SSSR count). The van der Waals surface area contributed by atoms with E-state index in [2.05, 4.69) is 0 Å². The largest absolute Gasteiger partial charge is 0.412 e. The second kappa shape index (κ2) is 5.07. The van der Waals surface area contributed by atoms with Gasteiger partial charge < -0.3 is 10.6 Å². The summed E-state index contributed by atoms with van der Waals surface area (Å²) in [5.41, 5.74) is 4.85. The van der Waals surface area contributed by atoms with Crippen LogP contribution < -0.4 is 5.73 Å². The van der Waals surface area contributed by atoms with Crippen molar-refractivity contribution in [1.29, 1.82) is 0 Å². The molecule has 1 aliphatic heterocycles. The van der Waals surface area contributed by atoms with Crippen molar-refractivity contribution < 1.29 is 18.0 Å². The summed E-state index contributed by atoms with van der Waals surface area (Å²) in [6, 6.07) is -2.37. The average molecular weight is 242 g/mol. The van der Waals surface area contributed by atoms with Gasteiger partial charge in [-0.15, -0.1) is 0 Å². The van der Waals surface area contributed by atoms with Crippen LogP contribution in [0.5, 0.6) is 0 Å². The van der Waals surface area contributed by atoms with Gasteiger partial charge in [-0.3, -0.25) is 4.79 Å². The maximum absolute atomic E-state index is 12.2. The molecule has 1 heterocycles. The van der Waals surface area contributed by atoms with Gasteiger partial charge in [0.05, 0.1) is 0 Å². The number of halogens is 3. The molecule has 0 bridgehead atoms. The molecule has 1 fully saturated rings. The van der Waals surface area contributed by atoms with Crippen LogP contribution in [0.15, 0.2) is 0 Å². The third-order valence-electron chi connectivity index (χ3n) is 2.15. The summed E-state index contributed by atoms with van der Waals surface area (Å²) >= 11 is 1.64. The first kappa shape index (κ1) is 12.6. The second-order valence-corrected chi connectivity index (χ2v) is 4.54. The van der Waals surface area contributed by atoms with Crippen LogP contribution in [0.25, 0.3) is 0 Å². The molecule has 88 valence electrons. The normalized spacial score (nSPS) is 20.9. The molecule has 7 heteroatoms. The van der Waals surface area contributed by atoms with E-state index in [9.17, 15) is 18.0 Å². The summed E-state index contributed by atoms with van der Waals surface area (Å²) in [5.74, 6) is 0.548. The summed E-state index contributed by atoms with van der Waals surface area (Å²) in [7, 11) is 0. The van der Waals surface area contributed by atoms with Crippen LogP contribution in [0.3, 0.4) is 0 Å². The van der Waals surface area contributed by atoms with Crippen molar-refractivity contribution in [3.63, 3.8) is 0 Å². The van der Waals surface area contributed by atoms with E-state index >= 15 is 0 Å². The molecule has 0 saturated carbocycles. The quantitative estimate of drug-likeness (QED) is 0.741. The molecule has 3 nitrogen and oxygen atoms in total. The van der Waals surface area contributed by atoms with Gasteiger partial charge in [0.15, 0.2) is 6.04 Å². The van der Waals surface area contributed by atoms with E-state index in [4.69, 9.17) is 5.73 Å². The van der Waals surface area contributed by atoms with Gasteiger partial charge in [-0.2, -0.15) is 24.9 Å². The number of amides is 1. The summed E-state index contributed by atoms with van der Waals surface area (Å²) in [4.78, 5) is 12.6. The minimum absolute atomic E-state index is 0.354. The Kier molecular flexibility index (Phi) is 4.27. The predicted molar refractivity (Wildman–Crippen MR) is 52.6 cm³/mol. The third kappa shape index (κ3) is 3.57. The fourth-order valence-corrected chi connectivity index (χ4v) is 2.19. The second-order valence-electron chi connectivity index (χ2n) is 3.31. The molecule has 0 spiro atoms. The highest BCUT2D eigenvalue weighted by molar-refractivity contribution is 7.99. The molecule has 15 heavy (non-hydrogen) atoms. The number of hydrogen-bond donors (Lipinski definition) is 1. The molecular formula is C8H13F3N2OS. The van der Waals surface area contributed by atoms with Crippen LogP contribution in [-0.2, 0) is 4.79 Å². The summed E-state index contributed by atoms with van der Waals surface area (Å²) in [6.45, 7) is 0.725. The first-order valence-electron chi connectivity index (χ1n) is 4.62. The number of nitrogens with two attached hydrogens (primary N) is 1. The van der Waals surface area contributed by atoms with Gasteiger partial charge in [0.25, 0.3) is 0 Å². The monoisotopic (exact) mass is 242 g/mol. The standard InChI is InChI=1S/C8H13F3N2OS/c9-8(10,11)6(12)7(14)13-2-1-4-15-5-3-13/h6H,1-5,12H2. The molecule has 1 unspecified atom stereocenters. The van der Waals surface area contributed by atoms with Crippen molar-refractivity contribution in [2.24, 2.45) is 5.73 Å². The molecule has 0 radical (unpaired) electrons. The van der Waals surface area contributed by atoms with E-state index in [1.165, 1.54) is 4.90 Å². The van der Waals surface area contributed by atoms with E-state index in [0.717, 1.165) is 12.2 Å². The first-order valence-corrected chi connectivity index (χ1v) is 5.77. The molecule has 0 aliphatic carbocycles. The summed E-state index contributed by atoms with van der Waals surface area (Å²) in [5, 5.41) is 0. The van der Waals surface area contributed by atoms with Crippen molar-refractivity contribution in [2.45, 2.75) is 18.6 Å². The van der Waals surface area contributed by atoms with Crippen LogP contribution in [0.1, 0.15) is 6.42 Å². The summed E-state index contributed by atoms with van der Waals surface area (Å²) < 4.78 is 36.5. The van der Waals surface area contributed by atoms with Crippen molar-refractivity contribution in [2.75, 3.05) is 24.6 Å². The van der Waals surface area contributed by atoms with Gasteiger partial charge in [-0.05, 0) is 12.2 Å². The predicted octanol–water partition coefficient (Wildman–Crippen LogP) is 0.841.